The van der Waals surface area contributed by atoms with Crippen LogP contribution in [0.1, 0.15) is 6.92 Å². The Kier molecular flexibility index (Phi) is 6.41. The highest BCUT2D eigenvalue weighted by molar-refractivity contribution is 5.76. The third-order valence-electron chi connectivity index (χ3n) is 3.48. The number of rotatable bonds is 5. The molecule has 0 bridgehead atoms. The number of methoxy groups -OCH3 is 1. The molecule has 0 spiro atoms. The van der Waals surface area contributed by atoms with Gasteiger partial charge in [0.15, 0.2) is 0 Å². The maximum atomic E-state index is 12.2. The standard InChI is InChI=1S/C13H23N3O5/c1-10(12(19)21-3)8-14(2)13(20)16-6-4-15(5-7-16)9-11(17)18/h10H,4-9H2,1-3H3,(H,17,18). The minimum Gasteiger partial charge on any atom is -0.480 e. The highest BCUT2D eigenvalue weighted by Gasteiger charge is 2.26. The fraction of sp³-hybridized carbons (Fsp3) is 0.769. The van der Waals surface area contributed by atoms with Crippen LogP contribution in [0.2, 0.25) is 0 Å². The molecule has 1 aliphatic rings. The summed E-state index contributed by atoms with van der Waals surface area (Å²) >= 11 is 0. The van der Waals surface area contributed by atoms with Gasteiger partial charge in [0.05, 0.1) is 19.6 Å². The number of amides is 2. The van der Waals surface area contributed by atoms with Crippen molar-refractivity contribution in [1.82, 2.24) is 14.7 Å². The van der Waals surface area contributed by atoms with E-state index in [4.69, 9.17) is 5.11 Å². The second kappa shape index (κ2) is 7.82. The normalized spacial score (nSPS) is 17.2. The molecule has 1 unspecified atom stereocenters. The van der Waals surface area contributed by atoms with Gasteiger partial charge in [-0.15, -0.1) is 0 Å². The molecule has 1 saturated heterocycles. The number of carbonyl (C=O) groups is 3. The van der Waals surface area contributed by atoms with Gasteiger partial charge >= 0.3 is 18.0 Å². The second-order valence-electron chi connectivity index (χ2n) is 5.24. The molecule has 0 aromatic carbocycles. The molecule has 0 radical (unpaired) electrons. The number of urea groups is 1. The molecule has 1 aliphatic heterocycles. The Morgan fingerprint density at radius 2 is 1.81 bits per heavy atom. The van der Waals surface area contributed by atoms with E-state index in [9.17, 15) is 14.4 Å². The van der Waals surface area contributed by atoms with E-state index in [0.29, 0.717) is 32.7 Å². The first-order valence-corrected chi connectivity index (χ1v) is 6.87. The Labute approximate surface area is 124 Å². The lowest BCUT2D eigenvalue weighted by atomic mass is 10.2. The summed E-state index contributed by atoms with van der Waals surface area (Å²) in [6.07, 6.45) is 0. The molecule has 8 nitrogen and oxygen atoms in total. The lowest BCUT2D eigenvalue weighted by molar-refractivity contribution is -0.145. The molecule has 1 rings (SSSR count). The molecular weight excluding hydrogens is 278 g/mol. The van der Waals surface area contributed by atoms with Crippen molar-refractivity contribution in [1.29, 1.82) is 0 Å². The van der Waals surface area contributed by atoms with Crippen molar-refractivity contribution < 1.29 is 24.2 Å². The lowest BCUT2D eigenvalue weighted by Crippen LogP contribution is -2.53. The lowest BCUT2D eigenvalue weighted by Gasteiger charge is -2.36. The smallest absolute Gasteiger partial charge is 0.319 e. The number of carbonyl (C=O) groups excluding carboxylic acids is 2. The zero-order valence-electron chi connectivity index (χ0n) is 12.7. The topological polar surface area (TPSA) is 90.4 Å². The fourth-order valence-corrected chi connectivity index (χ4v) is 2.29. The quantitative estimate of drug-likeness (QED) is 0.692. The summed E-state index contributed by atoms with van der Waals surface area (Å²) < 4.78 is 4.64. The Hall–Kier alpha value is -1.83. The maximum Gasteiger partial charge on any atom is 0.319 e. The molecule has 8 heteroatoms. The Morgan fingerprint density at radius 1 is 1.24 bits per heavy atom. The monoisotopic (exact) mass is 301 g/mol. The van der Waals surface area contributed by atoms with Crippen molar-refractivity contribution >= 4 is 18.0 Å². The fourth-order valence-electron chi connectivity index (χ4n) is 2.29. The van der Waals surface area contributed by atoms with Crippen LogP contribution in [0, 0.1) is 5.92 Å². The summed E-state index contributed by atoms with van der Waals surface area (Å²) in [5.74, 6) is -1.59. The number of carboxylic acids is 1. The van der Waals surface area contributed by atoms with Gasteiger partial charge in [0.2, 0.25) is 0 Å². The molecule has 2 amide bonds. The zero-order valence-corrected chi connectivity index (χ0v) is 12.7. The van der Waals surface area contributed by atoms with Crippen LogP contribution in [-0.2, 0) is 14.3 Å². The average molecular weight is 301 g/mol. The Balaban J connectivity index is 2.42. The first-order chi connectivity index (χ1) is 9.85. The highest BCUT2D eigenvalue weighted by Crippen LogP contribution is 2.07. The second-order valence-corrected chi connectivity index (χ2v) is 5.24. The summed E-state index contributed by atoms with van der Waals surface area (Å²) in [7, 11) is 2.97. The molecular formula is C13H23N3O5. The SMILES string of the molecule is COC(=O)C(C)CN(C)C(=O)N1CCN(CC(=O)O)CC1. The number of hydrogen-bond donors (Lipinski definition) is 1. The predicted molar refractivity (Wildman–Crippen MR) is 74.9 cm³/mol. The van der Waals surface area contributed by atoms with Crippen LogP contribution in [0.5, 0.6) is 0 Å². The van der Waals surface area contributed by atoms with E-state index >= 15 is 0 Å². The number of hydrogen-bond acceptors (Lipinski definition) is 5. The van der Waals surface area contributed by atoms with E-state index in [-0.39, 0.29) is 24.5 Å². The molecule has 0 saturated carbocycles. The van der Waals surface area contributed by atoms with Crippen LogP contribution in [0.4, 0.5) is 4.79 Å². The Bertz CT molecular complexity index is 393. The molecule has 0 aromatic rings. The number of ether oxygens (including phenoxy) is 1. The van der Waals surface area contributed by atoms with Crippen molar-refractivity contribution in [3.8, 4) is 0 Å². The van der Waals surface area contributed by atoms with E-state index in [0.717, 1.165) is 0 Å². The van der Waals surface area contributed by atoms with Crippen molar-refractivity contribution in [2.75, 3.05) is 53.4 Å². The van der Waals surface area contributed by atoms with Crippen molar-refractivity contribution in [3.05, 3.63) is 0 Å². The van der Waals surface area contributed by atoms with E-state index in [1.165, 1.54) is 12.0 Å². The third kappa shape index (κ3) is 5.22. The van der Waals surface area contributed by atoms with Crippen LogP contribution < -0.4 is 0 Å². The van der Waals surface area contributed by atoms with Crippen LogP contribution in [0.15, 0.2) is 0 Å². The van der Waals surface area contributed by atoms with Crippen LogP contribution in [0.3, 0.4) is 0 Å². The number of carboxylic acid groups (broad SMARTS) is 1. The maximum absolute atomic E-state index is 12.2. The molecule has 120 valence electrons. The van der Waals surface area contributed by atoms with Gasteiger partial charge in [-0.1, -0.05) is 6.92 Å². The summed E-state index contributed by atoms with van der Waals surface area (Å²) in [4.78, 5) is 39.2. The van der Waals surface area contributed by atoms with Gasteiger partial charge in [-0.2, -0.15) is 0 Å². The molecule has 0 aliphatic carbocycles. The van der Waals surface area contributed by atoms with Crippen LogP contribution >= 0.6 is 0 Å². The number of esters is 1. The Morgan fingerprint density at radius 3 is 2.29 bits per heavy atom. The summed E-state index contributed by atoms with van der Waals surface area (Å²) in [5, 5.41) is 8.73. The zero-order chi connectivity index (χ0) is 16.0. The van der Waals surface area contributed by atoms with Gasteiger partial charge in [-0.05, 0) is 0 Å². The molecule has 0 aromatic heterocycles. The molecule has 1 N–H and O–H groups in total. The first-order valence-electron chi connectivity index (χ1n) is 6.87. The number of nitrogens with zero attached hydrogens (tertiary/aromatic N) is 3. The number of aliphatic carboxylic acids is 1. The minimum absolute atomic E-state index is 0.00273. The average Bonchev–Trinajstić information content (AvgIpc) is 2.45. The van der Waals surface area contributed by atoms with Crippen LogP contribution in [-0.4, -0.2) is 91.2 Å². The molecule has 21 heavy (non-hydrogen) atoms. The molecule has 1 atom stereocenters. The first kappa shape index (κ1) is 17.2. The van der Waals surface area contributed by atoms with E-state index in [2.05, 4.69) is 4.74 Å². The molecule has 1 fully saturated rings. The largest absolute Gasteiger partial charge is 0.480 e. The van der Waals surface area contributed by atoms with Gasteiger partial charge < -0.3 is 19.6 Å². The third-order valence-corrected chi connectivity index (χ3v) is 3.48. The number of piperazine rings is 1. The van der Waals surface area contributed by atoms with Crippen molar-refractivity contribution in [3.63, 3.8) is 0 Å². The van der Waals surface area contributed by atoms with Gasteiger partial charge in [-0.25, -0.2) is 4.79 Å². The minimum atomic E-state index is -0.862. The van der Waals surface area contributed by atoms with Gasteiger partial charge in [0.1, 0.15) is 0 Å². The predicted octanol–water partition coefficient (Wildman–Crippen LogP) is -0.450. The summed E-state index contributed by atoms with van der Waals surface area (Å²) in [6.45, 7) is 4.06. The van der Waals surface area contributed by atoms with E-state index in [1.807, 2.05) is 0 Å². The molecule has 1 heterocycles. The van der Waals surface area contributed by atoms with Crippen molar-refractivity contribution in [2.45, 2.75) is 6.92 Å². The summed E-state index contributed by atoms with van der Waals surface area (Å²) in [6, 6.07) is -0.152. The van der Waals surface area contributed by atoms with Crippen LogP contribution in [0.25, 0.3) is 0 Å². The van der Waals surface area contributed by atoms with Gasteiger partial charge in [0, 0.05) is 39.8 Å². The van der Waals surface area contributed by atoms with Crippen molar-refractivity contribution in [2.24, 2.45) is 5.92 Å². The van der Waals surface area contributed by atoms with Gasteiger partial charge in [0.25, 0.3) is 0 Å². The van der Waals surface area contributed by atoms with Gasteiger partial charge in [-0.3, -0.25) is 14.5 Å². The summed E-state index contributed by atoms with van der Waals surface area (Å²) in [5.41, 5.74) is 0. The highest BCUT2D eigenvalue weighted by atomic mass is 16.5. The van der Waals surface area contributed by atoms with E-state index in [1.54, 1.807) is 23.8 Å². The van der Waals surface area contributed by atoms with E-state index < -0.39 is 5.97 Å².